The van der Waals surface area contributed by atoms with Crippen LogP contribution in [0.3, 0.4) is 0 Å². The quantitative estimate of drug-likeness (QED) is 0.234. The van der Waals surface area contributed by atoms with Crippen LogP contribution in [0.5, 0.6) is 0 Å². The normalized spacial score (nSPS) is 13.3. The molecule has 1 fully saturated rings. The minimum Gasteiger partial charge on any atom is -0.465 e. The van der Waals surface area contributed by atoms with E-state index in [1.165, 1.54) is 37.4 Å². The maximum Gasteiger partial charge on any atom is 0.340 e. The van der Waals surface area contributed by atoms with E-state index in [1.54, 1.807) is 6.07 Å². The van der Waals surface area contributed by atoms with Crippen LogP contribution in [-0.4, -0.2) is 40.7 Å². The molecule has 0 spiro atoms. The minimum atomic E-state index is -4.12. The van der Waals surface area contributed by atoms with E-state index < -0.39 is 39.2 Å². The van der Waals surface area contributed by atoms with Crippen molar-refractivity contribution in [3.63, 3.8) is 0 Å². The number of esters is 1. The number of fused-ring (bicyclic) bond motifs is 1. The van der Waals surface area contributed by atoms with Gasteiger partial charge in [-0.05, 0) is 60.7 Å². The highest BCUT2D eigenvalue weighted by atomic mass is 32.2. The van der Waals surface area contributed by atoms with E-state index in [1.807, 2.05) is 0 Å². The van der Waals surface area contributed by atoms with Gasteiger partial charge in [-0.1, -0.05) is 0 Å². The van der Waals surface area contributed by atoms with Gasteiger partial charge in [0.15, 0.2) is 0 Å². The smallest absolute Gasteiger partial charge is 0.340 e. The van der Waals surface area contributed by atoms with Gasteiger partial charge in [-0.25, -0.2) is 26.3 Å². The third-order valence-corrected chi connectivity index (χ3v) is 7.79. The summed E-state index contributed by atoms with van der Waals surface area (Å²) in [5.41, 5.74) is 6.33. The van der Waals surface area contributed by atoms with Gasteiger partial charge < -0.3 is 20.2 Å². The molecule has 3 N–H and O–H groups in total. The van der Waals surface area contributed by atoms with Crippen molar-refractivity contribution < 1.29 is 35.9 Å². The first kappa shape index (κ1) is 27.1. The van der Waals surface area contributed by atoms with Gasteiger partial charge in [0, 0.05) is 30.1 Å². The number of amides is 1. The number of rotatable bonds is 7. The van der Waals surface area contributed by atoms with Crippen molar-refractivity contribution in [3.8, 4) is 11.3 Å². The molecule has 0 saturated heterocycles. The Hall–Kier alpha value is -4.45. The molecule has 9 nitrogen and oxygen atoms in total. The number of halogens is 2. The highest BCUT2D eigenvalue weighted by Gasteiger charge is 2.34. The van der Waals surface area contributed by atoms with Gasteiger partial charge in [0.1, 0.15) is 23.0 Å². The summed E-state index contributed by atoms with van der Waals surface area (Å²) >= 11 is 0. The van der Waals surface area contributed by atoms with Gasteiger partial charge in [-0.3, -0.25) is 4.79 Å². The third kappa shape index (κ3) is 4.75. The number of methoxy groups -OCH3 is 1. The number of nitrogens with two attached hydrogens (primary N) is 1. The van der Waals surface area contributed by atoms with E-state index in [-0.39, 0.29) is 39.8 Å². The number of furan rings is 1. The SMILES string of the molecule is CNC(=O)c1c(-c2ccc(F)cc2)oc2cc(N(c3cc(F)c(N)c(C(=O)OC)c3)S(C)(=O)=O)c(C3CC3)cc12. The van der Waals surface area contributed by atoms with Gasteiger partial charge in [-0.15, -0.1) is 0 Å². The molecule has 0 bridgehead atoms. The molecule has 1 amide bonds. The zero-order valence-corrected chi connectivity index (χ0v) is 22.6. The molecular formula is C28H25F2N3O6S. The summed E-state index contributed by atoms with van der Waals surface area (Å²) < 4.78 is 66.6. The first-order valence-electron chi connectivity index (χ1n) is 12.2. The average molecular weight is 570 g/mol. The van der Waals surface area contributed by atoms with Gasteiger partial charge in [0.25, 0.3) is 5.91 Å². The Kier molecular flexibility index (Phi) is 6.74. The van der Waals surface area contributed by atoms with Crippen molar-refractivity contribution in [3.05, 3.63) is 76.9 Å². The second-order valence-corrected chi connectivity index (χ2v) is 11.3. The zero-order chi connectivity index (χ0) is 28.9. The molecule has 3 aromatic carbocycles. The van der Waals surface area contributed by atoms with Crippen LogP contribution in [0.1, 0.15) is 45.0 Å². The summed E-state index contributed by atoms with van der Waals surface area (Å²) in [5, 5.41) is 3.02. The van der Waals surface area contributed by atoms with Crippen molar-refractivity contribution in [2.24, 2.45) is 0 Å². The molecule has 208 valence electrons. The Morgan fingerprint density at radius 3 is 2.35 bits per heavy atom. The lowest BCUT2D eigenvalue weighted by molar-refractivity contribution is 0.0601. The number of hydrogen-bond acceptors (Lipinski definition) is 7. The monoisotopic (exact) mass is 569 g/mol. The van der Waals surface area contributed by atoms with E-state index >= 15 is 0 Å². The summed E-state index contributed by atoms with van der Waals surface area (Å²) in [4.78, 5) is 25.3. The number of ether oxygens (including phenoxy) is 1. The Bertz CT molecular complexity index is 1780. The second-order valence-electron chi connectivity index (χ2n) is 9.48. The highest BCUT2D eigenvalue weighted by Crippen LogP contribution is 2.49. The number of benzene rings is 3. The van der Waals surface area contributed by atoms with Crippen LogP contribution in [-0.2, 0) is 14.8 Å². The van der Waals surface area contributed by atoms with Crippen LogP contribution in [0, 0.1) is 11.6 Å². The van der Waals surface area contributed by atoms with Crippen molar-refractivity contribution in [1.29, 1.82) is 0 Å². The summed E-state index contributed by atoms with van der Waals surface area (Å²) in [6.07, 6.45) is 2.47. The molecule has 40 heavy (non-hydrogen) atoms. The minimum absolute atomic E-state index is 0.0379. The number of carbonyl (C=O) groups is 2. The lowest BCUT2D eigenvalue weighted by Gasteiger charge is -2.26. The molecule has 1 aliphatic carbocycles. The summed E-state index contributed by atoms with van der Waals surface area (Å²) in [6.45, 7) is 0. The maximum absolute atomic E-state index is 14.9. The van der Waals surface area contributed by atoms with Crippen molar-refractivity contribution in [2.75, 3.05) is 30.5 Å². The summed E-state index contributed by atoms with van der Waals surface area (Å²) in [5.74, 6) is -2.72. The van der Waals surface area contributed by atoms with Gasteiger partial charge in [0.2, 0.25) is 10.0 Å². The molecule has 12 heteroatoms. The van der Waals surface area contributed by atoms with Crippen LogP contribution in [0.4, 0.5) is 25.8 Å². The Morgan fingerprint density at radius 2 is 1.77 bits per heavy atom. The number of nitrogens with one attached hydrogen (secondary N) is 1. The van der Waals surface area contributed by atoms with Gasteiger partial charge >= 0.3 is 5.97 Å². The molecule has 1 heterocycles. The molecule has 1 aromatic heterocycles. The number of nitrogen functional groups attached to an aromatic ring is 1. The third-order valence-electron chi connectivity index (χ3n) is 6.72. The zero-order valence-electron chi connectivity index (χ0n) is 21.7. The Balaban J connectivity index is 1.81. The van der Waals surface area contributed by atoms with E-state index in [4.69, 9.17) is 14.9 Å². The predicted molar refractivity (Wildman–Crippen MR) is 146 cm³/mol. The van der Waals surface area contributed by atoms with Gasteiger partial charge in [-0.2, -0.15) is 0 Å². The van der Waals surface area contributed by atoms with Crippen LogP contribution >= 0.6 is 0 Å². The highest BCUT2D eigenvalue weighted by molar-refractivity contribution is 7.92. The van der Waals surface area contributed by atoms with E-state index in [9.17, 15) is 26.8 Å². The first-order chi connectivity index (χ1) is 18.9. The van der Waals surface area contributed by atoms with Crippen LogP contribution < -0.4 is 15.4 Å². The van der Waals surface area contributed by atoms with Crippen molar-refractivity contribution in [1.82, 2.24) is 5.32 Å². The van der Waals surface area contributed by atoms with Crippen LogP contribution in [0.15, 0.2) is 52.9 Å². The molecule has 5 rings (SSSR count). The number of carbonyl (C=O) groups excluding carboxylic acids is 2. The van der Waals surface area contributed by atoms with E-state index in [0.717, 1.165) is 42.6 Å². The van der Waals surface area contributed by atoms with E-state index in [2.05, 4.69) is 5.32 Å². The lowest BCUT2D eigenvalue weighted by Crippen LogP contribution is -2.26. The average Bonchev–Trinajstić information content (AvgIpc) is 3.69. The largest absolute Gasteiger partial charge is 0.465 e. The number of anilines is 3. The Morgan fingerprint density at radius 1 is 1.10 bits per heavy atom. The van der Waals surface area contributed by atoms with Crippen LogP contribution in [0.25, 0.3) is 22.3 Å². The number of hydrogen-bond donors (Lipinski definition) is 2. The molecule has 4 aromatic rings. The molecule has 0 aliphatic heterocycles. The van der Waals surface area contributed by atoms with Crippen molar-refractivity contribution in [2.45, 2.75) is 18.8 Å². The molecule has 0 unspecified atom stereocenters. The number of sulfonamides is 1. The topological polar surface area (TPSA) is 132 Å². The van der Waals surface area contributed by atoms with Gasteiger partial charge in [0.05, 0.1) is 41.6 Å². The Labute approximate surface area is 228 Å². The van der Waals surface area contributed by atoms with Crippen LogP contribution in [0.2, 0.25) is 0 Å². The fourth-order valence-corrected chi connectivity index (χ4v) is 5.71. The molecule has 0 atom stereocenters. The maximum atomic E-state index is 14.9. The predicted octanol–water partition coefficient (Wildman–Crippen LogP) is 5.08. The fraction of sp³-hybridized carbons (Fsp3) is 0.214. The first-order valence-corrected chi connectivity index (χ1v) is 14.1. The molecule has 0 radical (unpaired) electrons. The molecular weight excluding hydrogens is 544 g/mol. The molecule has 1 saturated carbocycles. The summed E-state index contributed by atoms with van der Waals surface area (Å²) in [6, 6.07) is 10.6. The van der Waals surface area contributed by atoms with E-state index in [0.29, 0.717) is 16.5 Å². The molecule has 1 aliphatic rings. The lowest BCUT2D eigenvalue weighted by atomic mass is 10.00. The van der Waals surface area contributed by atoms with Crippen molar-refractivity contribution >= 4 is 49.9 Å². The second kappa shape index (κ2) is 9.94. The summed E-state index contributed by atoms with van der Waals surface area (Å²) in [7, 11) is -1.56. The standard InChI is InChI=1S/C28H25F2N3O6S/c1-32-27(34)24-19-12-18(14-4-5-14)22(13-23(19)39-26(24)15-6-8-16(29)9-7-15)33(40(3,36)37)17-10-20(28(35)38-2)25(31)21(30)11-17/h6-14H,4-5,31H2,1-3H3,(H,32,34). The fourth-order valence-electron chi connectivity index (χ4n) is 4.71. The number of nitrogens with zero attached hydrogens (tertiary/aromatic N) is 1.